The van der Waals surface area contributed by atoms with Crippen molar-refractivity contribution in [3.63, 3.8) is 0 Å². The highest BCUT2D eigenvalue weighted by Gasteiger charge is 2.26. The summed E-state index contributed by atoms with van der Waals surface area (Å²) in [7, 11) is 0. The van der Waals surface area contributed by atoms with E-state index in [0.29, 0.717) is 17.6 Å². The molecular weight excluding hydrogens is 385 g/mol. The highest BCUT2D eigenvalue weighted by atomic mass is 19.1. The van der Waals surface area contributed by atoms with Crippen molar-refractivity contribution in [2.24, 2.45) is 5.92 Å². The van der Waals surface area contributed by atoms with E-state index < -0.39 is 0 Å². The van der Waals surface area contributed by atoms with Crippen molar-refractivity contribution < 1.29 is 18.7 Å². The lowest BCUT2D eigenvalue weighted by atomic mass is 9.95. The van der Waals surface area contributed by atoms with E-state index >= 15 is 0 Å². The first-order valence-electron chi connectivity index (χ1n) is 10.9. The predicted molar refractivity (Wildman–Crippen MR) is 111 cm³/mol. The van der Waals surface area contributed by atoms with Gasteiger partial charge in [-0.05, 0) is 62.8 Å². The molecule has 1 aromatic heterocycles. The summed E-state index contributed by atoms with van der Waals surface area (Å²) in [5, 5.41) is 0. The molecule has 0 bridgehead atoms. The van der Waals surface area contributed by atoms with Gasteiger partial charge < -0.3 is 18.9 Å². The molecule has 0 unspecified atom stereocenters. The topological polar surface area (TPSA) is 56.6 Å². The van der Waals surface area contributed by atoms with E-state index in [1.807, 2.05) is 11.1 Å². The molecule has 0 N–H and O–H groups in total. The highest BCUT2D eigenvalue weighted by molar-refractivity contribution is 5.77. The Hall–Kier alpha value is -2.41. The van der Waals surface area contributed by atoms with Gasteiger partial charge in [-0.25, -0.2) is 9.37 Å². The molecule has 0 spiro atoms. The summed E-state index contributed by atoms with van der Waals surface area (Å²) in [5.41, 5.74) is 1.21. The molecule has 2 saturated heterocycles. The first-order chi connectivity index (χ1) is 14.6. The fraction of sp³-hybridized carbons (Fsp3) is 0.565. The Bertz CT molecular complexity index is 838. The number of benzene rings is 1. The maximum absolute atomic E-state index is 13.0. The molecule has 0 aliphatic carbocycles. The average molecular weight is 416 g/mol. The van der Waals surface area contributed by atoms with Crippen LogP contribution in [0.1, 0.15) is 43.1 Å². The van der Waals surface area contributed by atoms with Gasteiger partial charge >= 0.3 is 0 Å². The van der Waals surface area contributed by atoms with Crippen LogP contribution in [0.3, 0.4) is 0 Å². The molecule has 0 radical (unpaired) electrons. The van der Waals surface area contributed by atoms with Crippen molar-refractivity contribution in [2.45, 2.75) is 45.1 Å². The molecule has 1 amide bonds. The number of carbonyl (C=O) groups excluding carboxylic acids is 1. The van der Waals surface area contributed by atoms with E-state index in [2.05, 4.69) is 11.5 Å². The second-order valence-electron chi connectivity index (χ2n) is 8.32. The van der Waals surface area contributed by atoms with E-state index in [1.54, 1.807) is 12.1 Å². The monoisotopic (exact) mass is 415 g/mol. The van der Waals surface area contributed by atoms with Gasteiger partial charge in [0.25, 0.3) is 5.91 Å². The number of aromatic nitrogens is 2. The van der Waals surface area contributed by atoms with Gasteiger partial charge in [0.15, 0.2) is 6.61 Å². The van der Waals surface area contributed by atoms with Gasteiger partial charge in [-0.1, -0.05) is 0 Å². The number of hydrogen-bond donors (Lipinski definition) is 0. The zero-order valence-corrected chi connectivity index (χ0v) is 17.6. The van der Waals surface area contributed by atoms with Gasteiger partial charge in [0.1, 0.15) is 17.4 Å². The lowest BCUT2D eigenvalue weighted by molar-refractivity contribution is -0.134. The van der Waals surface area contributed by atoms with E-state index in [9.17, 15) is 9.18 Å². The van der Waals surface area contributed by atoms with Crippen LogP contribution in [0.5, 0.6) is 5.75 Å². The Morgan fingerprint density at radius 3 is 2.57 bits per heavy atom. The largest absolute Gasteiger partial charge is 0.484 e. The number of hydrogen-bond acceptors (Lipinski definition) is 4. The van der Waals surface area contributed by atoms with Crippen molar-refractivity contribution in [3.8, 4) is 5.75 Å². The van der Waals surface area contributed by atoms with E-state index in [1.165, 1.54) is 23.7 Å². The van der Waals surface area contributed by atoms with Crippen LogP contribution in [0, 0.1) is 18.7 Å². The molecule has 0 saturated carbocycles. The predicted octanol–water partition coefficient (Wildman–Crippen LogP) is 3.54. The second kappa shape index (κ2) is 9.60. The van der Waals surface area contributed by atoms with Crippen LogP contribution in [0.15, 0.2) is 30.5 Å². The minimum atomic E-state index is -0.316. The average Bonchev–Trinajstić information content (AvgIpc) is 3.14. The van der Waals surface area contributed by atoms with Crippen molar-refractivity contribution >= 4 is 5.91 Å². The number of halogens is 1. The van der Waals surface area contributed by atoms with E-state index in [-0.39, 0.29) is 18.3 Å². The zero-order valence-electron chi connectivity index (χ0n) is 17.6. The van der Waals surface area contributed by atoms with Gasteiger partial charge in [-0.2, -0.15) is 0 Å². The minimum Gasteiger partial charge on any atom is -0.484 e. The fourth-order valence-corrected chi connectivity index (χ4v) is 4.39. The van der Waals surface area contributed by atoms with Crippen molar-refractivity contribution in [3.05, 3.63) is 47.8 Å². The molecule has 2 fully saturated rings. The Balaban J connectivity index is 1.27. The highest BCUT2D eigenvalue weighted by Crippen LogP contribution is 2.29. The number of aryl methyl sites for hydroxylation is 1. The maximum Gasteiger partial charge on any atom is 0.260 e. The standard InChI is InChI=1S/C23H30FN3O3/c1-17-14-25-23(19-8-12-29-13-9-19)27(17)15-18-6-10-26(11-7-18)22(28)16-30-21-4-2-20(24)3-5-21/h2-5,14,18-19H,6-13,15-16H2,1H3. The number of imidazole rings is 1. The van der Waals surface area contributed by atoms with Gasteiger partial charge in [0.2, 0.25) is 0 Å². The lowest BCUT2D eigenvalue weighted by Gasteiger charge is -2.33. The molecule has 162 valence electrons. The molecule has 4 rings (SSSR count). The fourth-order valence-electron chi connectivity index (χ4n) is 4.39. The molecule has 7 heteroatoms. The first-order valence-corrected chi connectivity index (χ1v) is 10.9. The number of carbonyl (C=O) groups is 1. The summed E-state index contributed by atoms with van der Waals surface area (Å²) in [6.07, 6.45) is 6.02. The maximum atomic E-state index is 13.0. The molecule has 6 nitrogen and oxygen atoms in total. The summed E-state index contributed by atoms with van der Waals surface area (Å²) < 4.78 is 26.4. The molecule has 0 atom stereocenters. The van der Waals surface area contributed by atoms with E-state index in [0.717, 1.165) is 58.5 Å². The zero-order chi connectivity index (χ0) is 20.9. The van der Waals surface area contributed by atoms with Gasteiger partial charge in [-0.15, -0.1) is 0 Å². The smallest absolute Gasteiger partial charge is 0.260 e. The number of nitrogens with zero attached hydrogens (tertiary/aromatic N) is 3. The van der Waals surface area contributed by atoms with E-state index in [4.69, 9.17) is 14.5 Å². The van der Waals surface area contributed by atoms with Crippen LogP contribution < -0.4 is 4.74 Å². The summed E-state index contributed by atoms with van der Waals surface area (Å²) in [5.74, 6) is 2.40. The number of piperidine rings is 1. The molecular formula is C23H30FN3O3. The third-order valence-electron chi connectivity index (χ3n) is 6.26. The van der Waals surface area contributed by atoms with Crippen LogP contribution in [0.4, 0.5) is 4.39 Å². The van der Waals surface area contributed by atoms with Crippen LogP contribution >= 0.6 is 0 Å². The molecule has 1 aromatic carbocycles. The van der Waals surface area contributed by atoms with Crippen LogP contribution in [-0.2, 0) is 16.1 Å². The normalized spacial score (nSPS) is 18.5. The quantitative estimate of drug-likeness (QED) is 0.724. The van der Waals surface area contributed by atoms with Crippen molar-refractivity contribution in [2.75, 3.05) is 32.9 Å². The van der Waals surface area contributed by atoms with Crippen molar-refractivity contribution in [1.82, 2.24) is 14.5 Å². The van der Waals surface area contributed by atoms with Crippen molar-refractivity contribution in [1.29, 1.82) is 0 Å². The Labute approximate surface area is 177 Å². The SMILES string of the molecule is Cc1cnc(C2CCOCC2)n1CC1CCN(C(=O)COc2ccc(F)cc2)CC1. The number of ether oxygens (including phenoxy) is 2. The molecule has 3 heterocycles. The Morgan fingerprint density at radius 1 is 1.17 bits per heavy atom. The van der Waals surface area contributed by atoms with Gasteiger partial charge in [0.05, 0.1) is 0 Å². The summed E-state index contributed by atoms with van der Waals surface area (Å²) in [4.78, 5) is 19.1. The third kappa shape index (κ3) is 5.01. The summed E-state index contributed by atoms with van der Waals surface area (Å²) in [6.45, 7) is 6.21. The van der Waals surface area contributed by atoms with Gasteiger partial charge in [-0.3, -0.25) is 4.79 Å². The lowest BCUT2D eigenvalue weighted by Crippen LogP contribution is -2.41. The molecule has 2 aliphatic heterocycles. The summed E-state index contributed by atoms with van der Waals surface area (Å²) >= 11 is 0. The number of likely N-dealkylation sites (tertiary alicyclic amines) is 1. The van der Waals surface area contributed by atoms with Crippen LogP contribution in [0.2, 0.25) is 0 Å². The number of amides is 1. The Morgan fingerprint density at radius 2 is 1.87 bits per heavy atom. The molecule has 2 aliphatic rings. The second-order valence-corrected chi connectivity index (χ2v) is 8.32. The van der Waals surface area contributed by atoms with Crippen LogP contribution in [0.25, 0.3) is 0 Å². The molecule has 2 aromatic rings. The third-order valence-corrected chi connectivity index (χ3v) is 6.26. The number of rotatable bonds is 6. The molecule has 30 heavy (non-hydrogen) atoms. The Kier molecular flexibility index (Phi) is 6.67. The summed E-state index contributed by atoms with van der Waals surface area (Å²) in [6, 6.07) is 5.74. The minimum absolute atomic E-state index is 0.00910. The van der Waals surface area contributed by atoms with Crippen LogP contribution in [-0.4, -0.2) is 53.3 Å². The van der Waals surface area contributed by atoms with Gasteiger partial charge in [0, 0.05) is 50.7 Å². The first kappa shape index (κ1) is 20.8.